The number of allylic oxidation sites excluding steroid dienone is 1. The zero-order chi connectivity index (χ0) is 32.8. The van der Waals surface area contributed by atoms with Crippen LogP contribution in [0, 0.1) is 12.7 Å². The monoisotopic (exact) mass is 627 g/mol. The molecule has 0 aliphatic carbocycles. The topological polar surface area (TPSA) is 132 Å². The fourth-order valence-electron chi connectivity index (χ4n) is 5.37. The van der Waals surface area contributed by atoms with Crippen molar-refractivity contribution in [2.24, 2.45) is 5.10 Å². The van der Waals surface area contributed by atoms with Gasteiger partial charge in [0.2, 0.25) is 0 Å². The van der Waals surface area contributed by atoms with Gasteiger partial charge in [-0.2, -0.15) is 5.10 Å². The smallest absolute Gasteiger partial charge is 0.338 e. The van der Waals surface area contributed by atoms with Gasteiger partial charge in [-0.25, -0.2) is 19.4 Å². The summed E-state index contributed by atoms with van der Waals surface area (Å²) in [5.74, 6) is -0.778. The summed E-state index contributed by atoms with van der Waals surface area (Å²) in [6.45, 7) is 5.40. The minimum atomic E-state index is -0.783. The Morgan fingerprint density at radius 3 is 2.59 bits per heavy atom. The summed E-state index contributed by atoms with van der Waals surface area (Å²) in [5.41, 5.74) is 6.83. The molecule has 46 heavy (non-hydrogen) atoms. The van der Waals surface area contributed by atoms with Crippen LogP contribution in [0.4, 0.5) is 9.18 Å². The Labute approximate surface area is 265 Å². The maximum atomic E-state index is 14.4. The minimum absolute atomic E-state index is 0.177. The summed E-state index contributed by atoms with van der Waals surface area (Å²) >= 11 is 0. The van der Waals surface area contributed by atoms with Gasteiger partial charge in [0.15, 0.2) is 18.1 Å². The second kappa shape index (κ2) is 14.0. The molecule has 12 heteroatoms. The molecule has 0 unspecified atom stereocenters. The Hall–Kier alpha value is -5.65. The van der Waals surface area contributed by atoms with E-state index in [2.05, 4.69) is 21.2 Å². The number of halogens is 1. The van der Waals surface area contributed by atoms with Crippen molar-refractivity contribution in [3.8, 4) is 11.5 Å². The molecule has 0 spiro atoms. The van der Waals surface area contributed by atoms with Crippen molar-refractivity contribution in [2.45, 2.75) is 33.4 Å². The number of nitrogens with one attached hydrogen (secondary N) is 3. The third kappa shape index (κ3) is 6.70. The van der Waals surface area contributed by atoms with E-state index < -0.39 is 23.9 Å². The van der Waals surface area contributed by atoms with Crippen molar-refractivity contribution < 1.29 is 33.0 Å². The lowest BCUT2D eigenvalue weighted by atomic mass is 9.95. The molecule has 1 aromatic heterocycles. The fourth-order valence-corrected chi connectivity index (χ4v) is 5.37. The summed E-state index contributed by atoms with van der Waals surface area (Å²) < 4.78 is 32.8. The van der Waals surface area contributed by atoms with E-state index in [4.69, 9.17) is 14.2 Å². The molecule has 11 nitrogen and oxygen atoms in total. The highest BCUT2D eigenvalue weighted by molar-refractivity contribution is 6.01. The van der Waals surface area contributed by atoms with E-state index >= 15 is 0 Å². The first-order chi connectivity index (χ1) is 22.2. The number of fused-ring (bicyclic) bond motifs is 1. The lowest BCUT2D eigenvalue weighted by Crippen LogP contribution is -2.45. The SMILES string of the molecule is CCOC(=O)C1=C(C)NC(=O)N[C@H]1c1ccc(OCC(=O)N/N=C/c2c(C)n(Cc3ccccc3F)c3ccccc23)c(OC)c1. The number of carbonyl (C=O) groups excluding carboxylic acids is 3. The van der Waals surface area contributed by atoms with Gasteiger partial charge in [-0.05, 0) is 50.6 Å². The quantitative estimate of drug-likeness (QED) is 0.124. The third-order valence-electron chi connectivity index (χ3n) is 7.59. The number of benzene rings is 3. The van der Waals surface area contributed by atoms with Crippen LogP contribution in [0.2, 0.25) is 0 Å². The highest BCUT2D eigenvalue weighted by Crippen LogP contribution is 2.34. The van der Waals surface area contributed by atoms with Crippen LogP contribution in [0.25, 0.3) is 10.9 Å². The standard InChI is InChI=1S/C34H34FN5O6/c1-5-45-33(42)31-20(2)37-34(43)38-32(31)22-14-15-28(29(16-22)44-4)46-19-30(41)39-36-17-25-21(3)40(27-13-9-7-11-24(25)27)18-23-10-6-8-12-26(23)35/h6-17,32H,5,18-19H2,1-4H3,(H,39,41)(H2,37,38,43)/b36-17+/t32-/m0/s1. The molecule has 5 rings (SSSR count). The Kier molecular flexibility index (Phi) is 9.65. The highest BCUT2D eigenvalue weighted by Gasteiger charge is 2.32. The Morgan fingerprint density at radius 2 is 1.83 bits per heavy atom. The van der Waals surface area contributed by atoms with Crippen LogP contribution in [0.5, 0.6) is 11.5 Å². The van der Waals surface area contributed by atoms with E-state index in [-0.39, 0.29) is 30.4 Å². The molecule has 0 saturated carbocycles. The van der Waals surface area contributed by atoms with Crippen LogP contribution in [-0.2, 0) is 20.9 Å². The first-order valence-electron chi connectivity index (χ1n) is 14.6. The van der Waals surface area contributed by atoms with Crippen molar-refractivity contribution in [3.05, 3.63) is 106 Å². The molecule has 0 saturated heterocycles. The molecule has 0 fully saturated rings. The molecule has 1 aliphatic rings. The van der Waals surface area contributed by atoms with Crippen molar-refractivity contribution in [3.63, 3.8) is 0 Å². The van der Waals surface area contributed by atoms with Crippen LogP contribution >= 0.6 is 0 Å². The first kappa shape index (κ1) is 31.8. The van der Waals surface area contributed by atoms with Gasteiger partial charge in [0, 0.05) is 33.4 Å². The zero-order valence-corrected chi connectivity index (χ0v) is 25.8. The lowest BCUT2D eigenvalue weighted by molar-refractivity contribution is -0.139. The van der Waals surface area contributed by atoms with Gasteiger partial charge < -0.3 is 29.4 Å². The number of amides is 3. The molecular formula is C34H34FN5O6. The molecule has 4 aromatic rings. The minimum Gasteiger partial charge on any atom is -0.493 e. The van der Waals surface area contributed by atoms with E-state index in [9.17, 15) is 18.8 Å². The summed E-state index contributed by atoms with van der Waals surface area (Å²) in [7, 11) is 1.44. The number of hydrogen-bond acceptors (Lipinski definition) is 7. The third-order valence-corrected chi connectivity index (χ3v) is 7.59. The molecule has 238 valence electrons. The average Bonchev–Trinajstić information content (AvgIpc) is 3.30. The van der Waals surface area contributed by atoms with Gasteiger partial charge in [-0.3, -0.25) is 4.79 Å². The number of hydrazone groups is 1. The van der Waals surface area contributed by atoms with Crippen LogP contribution in [-0.4, -0.2) is 49.0 Å². The Balaban J connectivity index is 1.27. The molecule has 0 radical (unpaired) electrons. The number of carbonyl (C=O) groups is 3. The molecular weight excluding hydrogens is 593 g/mol. The van der Waals surface area contributed by atoms with Crippen LogP contribution in [0.15, 0.2) is 83.1 Å². The number of hydrogen-bond donors (Lipinski definition) is 3. The predicted octanol–water partition coefficient (Wildman–Crippen LogP) is 4.87. The lowest BCUT2D eigenvalue weighted by Gasteiger charge is -2.28. The van der Waals surface area contributed by atoms with Crippen molar-refractivity contribution in [1.82, 2.24) is 20.6 Å². The Morgan fingerprint density at radius 1 is 1.07 bits per heavy atom. The maximum Gasteiger partial charge on any atom is 0.338 e. The van der Waals surface area contributed by atoms with Crippen molar-refractivity contribution >= 4 is 35.0 Å². The number of rotatable bonds is 11. The second-order valence-electron chi connectivity index (χ2n) is 10.5. The van der Waals surface area contributed by atoms with Gasteiger partial charge in [0.1, 0.15) is 5.82 Å². The van der Waals surface area contributed by atoms with Crippen LogP contribution in [0.1, 0.15) is 42.3 Å². The van der Waals surface area contributed by atoms with Gasteiger partial charge in [0.25, 0.3) is 5.91 Å². The van der Waals surface area contributed by atoms with E-state index in [0.717, 1.165) is 22.2 Å². The van der Waals surface area contributed by atoms with Crippen molar-refractivity contribution in [1.29, 1.82) is 0 Å². The summed E-state index contributed by atoms with van der Waals surface area (Å²) in [6, 6.07) is 18.0. The molecule has 3 amide bonds. The van der Waals surface area contributed by atoms with Gasteiger partial charge >= 0.3 is 12.0 Å². The van der Waals surface area contributed by atoms with Gasteiger partial charge in [0.05, 0.1) is 38.1 Å². The highest BCUT2D eigenvalue weighted by atomic mass is 19.1. The number of para-hydroxylation sites is 1. The summed E-state index contributed by atoms with van der Waals surface area (Å²) in [4.78, 5) is 37.5. The molecule has 1 atom stereocenters. The number of methoxy groups -OCH3 is 1. The van der Waals surface area contributed by atoms with Gasteiger partial charge in [-0.1, -0.05) is 42.5 Å². The van der Waals surface area contributed by atoms with E-state index in [1.165, 1.54) is 13.2 Å². The molecule has 0 bridgehead atoms. The summed E-state index contributed by atoms with van der Waals surface area (Å²) in [6.07, 6.45) is 1.56. The predicted molar refractivity (Wildman–Crippen MR) is 170 cm³/mol. The molecule has 3 aromatic carbocycles. The van der Waals surface area contributed by atoms with E-state index in [0.29, 0.717) is 29.1 Å². The Bertz CT molecular complexity index is 1860. The second-order valence-corrected chi connectivity index (χ2v) is 10.5. The van der Waals surface area contributed by atoms with Crippen LogP contribution in [0.3, 0.4) is 0 Å². The number of esters is 1. The molecule has 1 aliphatic heterocycles. The largest absolute Gasteiger partial charge is 0.493 e. The van der Waals surface area contributed by atoms with E-state index in [1.54, 1.807) is 56.5 Å². The van der Waals surface area contributed by atoms with Gasteiger partial charge in [-0.15, -0.1) is 0 Å². The van der Waals surface area contributed by atoms with E-state index in [1.807, 2.05) is 35.8 Å². The summed E-state index contributed by atoms with van der Waals surface area (Å²) in [5, 5.41) is 10.4. The number of aromatic nitrogens is 1. The molecule has 2 heterocycles. The first-order valence-corrected chi connectivity index (χ1v) is 14.6. The zero-order valence-electron chi connectivity index (χ0n) is 25.8. The number of urea groups is 1. The fraction of sp³-hybridized carbons (Fsp3) is 0.235. The average molecular weight is 628 g/mol. The normalized spacial score (nSPS) is 14.6. The van der Waals surface area contributed by atoms with Crippen LogP contribution < -0.4 is 25.5 Å². The van der Waals surface area contributed by atoms with Crippen molar-refractivity contribution in [2.75, 3.05) is 20.3 Å². The number of ether oxygens (including phenoxy) is 3. The maximum absolute atomic E-state index is 14.4. The molecule has 3 N–H and O–H groups in total. The number of nitrogens with zero attached hydrogens (tertiary/aromatic N) is 2.